The maximum atomic E-state index is 13.1. The number of carbonyl (C=O) groups is 1. The highest BCUT2D eigenvalue weighted by Gasteiger charge is 2.16. The van der Waals surface area contributed by atoms with Crippen molar-refractivity contribution in [3.05, 3.63) is 89.9 Å². The Hall–Kier alpha value is -4.91. The number of benzene rings is 2. The number of nitriles is 1. The minimum Gasteiger partial charge on any atom is -0.382 e. The van der Waals surface area contributed by atoms with Crippen molar-refractivity contribution in [3.8, 4) is 17.3 Å². The average Bonchev–Trinajstić information content (AvgIpc) is 2.85. The van der Waals surface area contributed by atoms with Gasteiger partial charge in [-0.1, -0.05) is 24.3 Å². The Morgan fingerprint density at radius 3 is 2.42 bits per heavy atom. The molecule has 10 heteroatoms. The molecule has 0 aliphatic rings. The van der Waals surface area contributed by atoms with E-state index in [0.29, 0.717) is 23.7 Å². The molecule has 0 atom stereocenters. The molecule has 0 bridgehead atoms. The highest BCUT2D eigenvalue weighted by Crippen LogP contribution is 2.19. The van der Waals surface area contributed by atoms with E-state index in [9.17, 15) is 9.18 Å². The molecule has 0 unspecified atom stereocenters. The Bertz CT molecular complexity index is 1320. The number of nitrogens with two attached hydrogens (primary N) is 1. The van der Waals surface area contributed by atoms with Crippen LogP contribution in [0.15, 0.2) is 67.1 Å². The third-order valence-electron chi connectivity index (χ3n) is 4.59. The fourth-order valence-corrected chi connectivity index (χ4v) is 2.92. The second kappa shape index (κ2) is 9.49. The Morgan fingerprint density at radius 1 is 1.00 bits per heavy atom. The normalized spacial score (nSPS) is 10.3. The summed E-state index contributed by atoms with van der Waals surface area (Å²) in [7, 11) is 0. The van der Waals surface area contributed by atoms with Crippen molar-refractivity contribution in [2.45, 2.75) is 6.54 Å². The Labute approximate surface area is 188 Å². The van der Waals surface area contributed by atoms with Crippen LogP contribution in [0.4, 0.5) is 21.7 Å². The van der Waals surface area contributed by atoms with Gasteiger partial charge in [0.2, 0.25) is 0 Å². The van der Waals surface area contributed by atoms with Gasteiger partial charge in [0.05, 0.1) is 24.3 Å². The highest BCUT2D eigenvalue weighted by atomic mass is 19.1. The van der Waals surface area contributed by atoms with Crippen molar-refractivity contribution < 1.29 is 9.18 Å². The molecule has 9 nitrogen and oxygen atoms in total. The molecule has 0 aliphatic heterocycles. The van der Waals surface area contributed by atoms with Crippen molar-refractivity contribution in [1.29, 1.82) is 5.26 Å². The van der Waals surface area contributed by atoms with Gasteiger partial charge in [-0.2, -0.15) is 5.26 Å². The van der Waals surface area contributed by atoms with E-state index in [1.165, 1.54) is 36.7 Å². The molecule has 0 saturated heterocycles. The largest absolute Gasteiger partial charge is 0.382 e. The van der Waals surface area contributed by atoms with E-state index in [1.54, 1.807) is 6.20 Å². The van der Waals surface area contributed by atoms with Crippen LogP contribution in [0.2, 0.25) is 0 Å². The second-order valence-electron chi connectivity index (χ2n) is 6.90. The lowest BCUT2D eigenvalue weighted by molar-refractivity contribution is 0.102. The molecule has 162 valence electrons. The summed E-state index contributed by atoms with van der Waals surface area (Å²) < 4.78 is 13.1. The van der Waals surface area contributed by atoms with Gasteiger partial charge in [0.25, 0.3) is 5.91 Å². The van der Waals surface area contributed by atoms with E-state index in [-0.39, 0.29) is 17.2 Å². The Kier molecular flexibility index (Phi) is 6.13. The summed E-state index contributed by atoms with van der Waals surface area (Å²) in [6.07, 6.45) is 4.37. The van der Waals surface area contributed by atoms with Crippen molar-refractivity contribution in [2.75, 3.05) is 16.4 Å². The van der Waals surface area contributed by atoms with Gasteiger partial charge in [0, 0.05) is 17.8 Å². The summed E-state index contributed by atoms with van der Waals surface area (Å²) in [6.45, 7) is 0.352. The fourth-order valence-electron chi connectivity index (χ4n) is 2.92. The molecule has 1 amide bonds. The van der Waals surface area contributed by atoms with E-state index in [2.05, 4.69) is 30.6 Å². The Balaban J connectivity index is 1.49. The van der Waals surface area contributed by atoms with Crippen molar-refractivity contribution in [2.24, 2.45) is 0 Å². The Morgan fingerprint density at radius 2 is 1.76 bits per heavy atom. The van der Waals surface area contributed by atoms with Crippen molar-refractivity contribution in [3.63, 3.8) is 0 Å². The molecule has 0 spiro atoms. The molecule has 4 rings (SSSR count). The predicted octanol–water partition coefficient (Wildman–Crippen LogP) is 3.39. The first-order chi connectivity index (χ1) is 16.0. The third kappa shape index (κ3) is 5.23. The van der Waals surface area contributed by atoms with E-state index in [4.69, 9.17) is 11.0 Å². The molecule has 33 heavy (non-hydrogen) atoms. The van der Waals surface area contributed by atoms with Crippen LogP contribution in [0.5, 0.6) is 0 Å². The van der Waals surface area contributed by atoms with Crippen LogP contribution in [0, 0.1) is 17.1 Å². The van der Waals surface area contributed by atoms with Crippen LogP contribution in [0.3, 0.4) is 0 Å². The molecular weight excluding hydrogens is 423 g/mol. The van der Waals surface area contributed by atoms with Crippen molar-refractivity contribution in [1.82, 2.24) is 19.9 Å². The number of nitrogens with one attached hydrogen (secondary N) is 2. The van der Waals surface area contributed by atoms with Gasteiger partial charge >= 0.3 is 0 Å². The quantitative estimate of drug-likeness (QED) is 0.414. The molecule has 0 radical (unpaired) electrons. The lowest BCUT2D eigenvalue weighted by Crippen LogP contribution is -2.18. The van der Waals surface area contributed by atoms with Crippen LogP contribution < -0.4 is 16.4 Å². The van der Waals surface area contributed by atoms with Gasteiger partial charge < -0.3 is 16.4 Å². The number of rotatable bonds is 6. The number of aromatic nitrogens is 4. The summed E-state index contributed by atoms with van der Waals surface area (Å²) in [5.41, 5.74) is 8.40. The smallest absolute Gasteiger partial charge is 0.278 e. The third-order valence-corrected chi connectivity index (χ3v) is 4.59. The van der Waals surface area contributed by atoms with Crippen LogP contribution in [-0.4, -0.2) is 25.8 Å². The van der Waals surface area contributed by atoms with E-state index >= 15 is 0 Å². The first-order valence-corrected chi connectivity index (χ1v) is 9.76. The second-order valence-corrected chi connectivity index (χ2v) is 6.90. The number of carbonyl (C=O) groups excluding carboxylic acids is 1. The van der Waals surface area contributed by atoms with Crippen LogP contribution in [0.25, 0.3) is 11.3 Å². The molecule has 4 aromatic rings. The van der Waals surface area contributed by atoms with Crippen LogP contribution in [0.1, 0.15) is 21.7 Å². The minimum absolute atomic E-state index is 0.00114. The zero-order valence-corrected chi connectivity index (χ0v) is 17.2. The van der Waals surface area contributed by atoms with Gasteiger partial charge in [0.1, 0.15) is 17.7 Å². The first kappa shape index (κ1) is 21.3. The molecular formula is C23H17FN8O. The minimum atomic E-state index is -0.578. The maximum absolute atomic E-state index is 13.1. The monoisotopic (exact) mass is 440 g/mol. The number of halogens is 1. The van der Waals surface area contributed by atoms with E-state index in [1.807, 2.05) is 30.3 Å². The molecule has 4 N–H and O–H groups in total. The summed E-state index contributed by atoms with van der Waals surface area (Å²) >= 11 is 0. The molecule has 0 fully saturated rings. The zero-order valence-electron chi connectivity index (χ0n) is 17.2. The predicted molar refractivity (Wildman–Crippen MR) is 120 cm³/mol. The summed E-state index contributed by atoms with van der Waals surface area (Å²) in [5, 5.41) is 14.8. The molecule has 2 aromatic carbocycles. The lowest BCUT2D eigenvalue weighted by atomic mass is 10.1. The van der Waals surface area contributed by atoms with Crippen LogP contribution >= 0.6 is 0 Å². The number of nitrogens with zero attached hydrogens (tertiary/aromatic N) is 5. The zero-order chi connectivity index (χ0) is 23.2. The number of nitrogen functional groups attached to an aromatic ring is 1. The van der Waals surface area contributed by atoms with Gasteiger partial charge in [-0.05, 0) is 29.8 Å². The molecule has 2 heterocycles. The average molecular weight is 440 g/mol. The topological polar surface area (TPSA) is 142 Å². The molecule has 2 aromatic heterocycles. The van der Waals surface area contributed by atoms with Gasteiger partial charge in [0.15, 0.2) is 17.2 Å². The highest BCUT2D eigenvalue weighted by molar-refractivity contribution is 6.06. The van der Waals surface area contributed by atoms with Crippen LogP contribution in [-0.2, 0) is 6.54 Å². The number of hydrogen-bond donors (Lipinski definition) is 3. The van der Waals surface area contributed by atoms with Gasteiger partial charge in [-0.3, -0.25) is 9.78 Å². The standard InChI is InChI=1S/C23H17FN8O/c24-16-5-7-17(8-6-16)32-23(33)21-22(30-11-18(9-25)31-21)29-10-14-1-3-15(4-2-14)19-12-28-20(26)13-27-19/h1-8,11-13H,10H2,(H2,26,28)(H,29,30)(H,32,33). The fraction of sp³-hybridized carbons (Fsp3) is 0.0435. The maximum Gasteiger partial charge on any atom is 0.278 e. The number of hydrogen-bond acceptors (Lipinski definition) is 8. The summed E-state index contributed by atoms with van der Waals surface area (Å²) in [4.78, 5) is 29.3. The van der Waals surface area contributed by atoms with E-state index in [0.717, 1.165) is 11.1 Å². The number of anilines is 3. The summed E-state index contributed by atoms with van der Waals surface area (Å²) in [6, 6.07) is 14.8. The molecule has 0 saturated carbocycles. The first-order valence-electron chi connectivity index (χ1n) is 9.76. The summed E-state index contributed by atoms with van der Waals surface area (Å²) in [5.74, 6) is -0.438. The molecule has 0 aliphatic carbocycles. The number of amides is 1. The van der Waals surface area contributed by atoms with E-state index < -0.39 is 11.7 Å². The SMILES string of the molecule is N#Cc1cnc(NCc2ccc(-c3cnc(N)cn3)cc2)c(C(=O)Nc2ccc(F)cc2)n1. The van der Waals surface area contributed by atoms with Gasteiger partial charge in [-0.15, -0.1) is 0 Å². The van der Waals surface area contributed by atoms with Crippen molar-refractivity contribution >= 4 is 23.2 Å². The lowest BCUT2D eigenvalue weighted by Gasteiger charge is -2.11. The van der Waals surface area contributed by atoms with Gasteiger partial charge in [-0.25, -0.2) is 19.3 Å².